The van der Waals surface area contributed by atoms with E-state index in [0.29, 0.717) is 31.5 Å². The molecular formula is C31H44ClN3O2. The average Bonchev–Trinajstić information content (AvgIpc) is 3.15. The highest BCUT2D eigenvalue weighted by molar-refractivity contribution is 6.30. The zero-order valence-electron chi connectivity index (χ0n) is 23.7. The summed E-state index contributed by atoms with van der Waals surface area (Å²) in [6.07, 6.45) is 1.89. The van der Waals surface area contributed by atoms with E-state index in [4.69, 9.17) is 26.1 Å². The molecule has 0 fully saturated rings. The van der Waals surface area contributed by atoms with Gasteiger partial charge < -0.3 is 14.0 Å². The highest BCUT2D eigenvalue weighted by Gasteiger charge is 2.24. The minimum Gasteiger partial charge on any atom is -0.494 e. The molecule has 0 saturated heterocycles. The van der Waals surface area contributed by atoms with Gasteiger partial charge in [0.05, 0.1) is 18.9 Å². The average molecular weight is 526 g/mol. The number of ether oxygens (including phenoxy) is 2. The Labute approximate surface area is 228 Å². The van der Waals surface area contributed by atoms with E-state index in [9.17, 15) is 0 Å². The predicted molar refractivity (Wildman–Crippen MR) is 154 cm³/mol. The van der Waals surface area contributed by atoms with Crippen molar-refractivity contribution in [3.8, 4) is 17.1 Å². The van der Waals surface area contributed by atoms with Crippen molar-refractivity contribution in [2.75, 3.05) is 26.9 Å². The molecule has 202 valence electrons. The van der Waals surface area contributed by atoms with Gasteiger partial charge in [-0.3, -0.25) is 4.90 Å². The fraction of sp³-hybridized carbons (Fsp3) is 0.516. The van der Waals surface area contributed by atoms with Crippen molar-refractivity contribution in [2.24, 2.45) is 5.41 Å². The Bertz CT molecular complexity index is 1130. The molecular weight excluding hydrogens is 482 g/mol. The van der Waals surface area contributed by atoms with Crippen molar-refractivity contribution in [2.45, 2.75) is 74.0 Å². The third-order valence-electron chi connectivity index (χ3n) is 6.45. The molecule has 6 heteroatoms. The van der Waals surface area contributed by atoms with Gasteiger partial charge in [0.25, 0.3) is 0 Å². The number of aryl methyl sites for hydroxylation is 2. The summed E-state index contributed by atoms with van der Waals surface area (Å²) in [4.78, 5) is 7.44. The minimum atomic E-state index is 0.119. The lowest BCUT2D eigenvalue weighted by atomic mass is 9.95. The first kappa shape index (κ1) is 29.2. The van der Waals surface area contributed by atoms with Crippen molar-refractivity contribution in [1.29, 1.82) is 0 Å². The third-order valence-corrected chi connectivity index (χ3v) is 6.75. The largest absolute Gasteiger partial charge is 0.494 e. The van der Waals surface area contributed by atoms with Crippen LogP contribution in [0.15, 0.2) is 42.5 Å². The number of rotatable bonds is 13. The monoisotopic (exact) mass is 525 g/mol. The highest BCUT2D eigenvalue weighted by Crippen LogP contribution is 2.33. The zero-order valence-corrected chi connectivity index (χ0v) is 24.5. The molecule has 3 aromatic rings. The fourth-order valence-corrected chi connectivity index (χ4v) is 5.20. The van der Waals surface area contributed by atoms with Crippen LogP contribution in [0.2, 0.25) is 5.15 Å². The van der Waals surface area contributed by atoms with Crippen LogP contribution >= 0.6 is 11.6 Å². The van der Waals surface area contributed by atoms with Gasteiger partial charge in [0.1, 0.15) is 11.6 Å². The predicted octanol–water partition coefficient (Wildman–Crippen LogP) is 7.42. The van der Waals surface area contributed by atoms with Crippen LogP contribution in [0.5, 0.6) is 5.75 Å². The number of aromatic nitrogens is 2. The normalized spacial score (nSPS) is 11.9. The van der Waals surface area contributed by atoms with Gasteiger partial charge in [0, 0.05) is 38.9 Å². The molecule has 0 unspecified atom stereocenters. The van der Waals surface area contributed by atoms with E-state index in [-0.39, 0.29) is 5.41 Å². The highest BCUT2D eigenvalue weighted by atomic mass is 35.5. The maximum Gasteiger partial charge on any atom is 0.152 e. The van der Waals surface area contributed by atoms with E-state index in [1.807, 2.05) is 13.0 Å². The Balaban J connectivity index is 2.06. The van der Waals surface area contributed by atoms with Crippen molar-refractivity contribution in [3.63, 3.8) is 0 Å². The van der Waals surface area contributed by atoms with Gasteiger partial charge in [-0.05, 0) is 54.0 Å². The molecule has 37 heavy (non-hydrogen) atoms. The second-order valence-corrected chi connectivity index (χ2v) is 11.1. The Hall–Kier alpha value is -2.34. The van der Waals surface area contributed by atoms with Crippen molar-refractivity contribution in [3.05, 3.63) is 70.0 Å². The molecule has 0 spiro atoms. The number of hydrogen-bond acceptors (Lipinski definition) is 4. The first-order valence-electron chi connectivity index (χ1n) is 13.5. The van der Waals surface area contributed by atoms with Crippen LogP contribution in [0, 0.1) is 5.41 Å². The summed E-state index contributed by atoms with van der Waals surface area (Å²) in [7, 11) is 1.74. The Kier molecular flexibility index (Phi) is 10.6. The number of imidazole rings is 1. The second kappa shape index (κ2) is 13.5. The molecule has 0 bridgehead atoms. The topological polar surface area (TPSA) is 39.5 Å². The van der Waals surface area contributed by atoms with Crippen LogP contribution in [0.25, 0.3) is 11.4 Å². The van der Waals surface area contributed by atoms with Crippen molar-refractivity contribution < 1.29 is 9.47 Å². The number of methoxy groups -OCH3 is 1. The van der Waals surface area contributed by atoms with Gasteiger partial charge in [-0.2, -0.15) is 0 Å². The van der Waals surface area contributed by atoms with E-state index in [0.717, 1.165) is 43.2 Å². The van der Waals surface area contributed by atoms with Crippen LogP contribution in [-0.2, 0) is 37.2 Å². The second-order valence-electron chi connectivity index (χ2n) is 10.8. The van der Waals surface area contributed by atoms with Gasteiger partial charge >= 0.3 is 0 Å². The van der Waals surface area contributed by atoms with Gasteiger partial charge in [-0.1, -0.05) is 76.6 Å². The SMILES string of the molecule is CCOc1cccc(CN(Cc2c(Cl)nc(-c3c(CC)cccc3CC)n2CCOC)CC(C)(C)C)c1. The van der Waals surface area contributed by atoms with E-state index < -0.39 is 0 Å². The summed E-state index contributed by atoms with van der Waals surface area (Å²) < 4.78 is 13.6. The third kappa shape index (κ3) is 7.83. The van der Waals surface area contributed by atoms with Gasteiger partial charge in [0.15, 0.2) is 5.15 Å². The van der Waals surface area contributed by atoms with Gasteiger partial charge in [-0.25, -0.2) is 4.98 Å². The maximum atomic E-state index is 6.94. The van der Waals surface area contributed by atoms with Crippen LogP contribution < -0.4 is 4.74 Å². The molecule has 5 nitrogen and oxygen atoms in total. The van der Waals surface area contributed by atoms with Gasteiger partial charge in [-0.15, -0.1) is 0 Å². The quantitative estimate of drug-likeness (QED) is 0.233. The Morgan fingerprint density at radius 1 is 0.973 bits per heavy atom. The molecule has 1 aromatic heterocycles. The van der Waals surface area contributed by atoms with E-state index in [2.05, 4.69) is 80.5 Å². The lowest BCUT2D eigenvalue weighted by Gasteiger charge is -2.30. The first-order chi connectivity index (χ1) is 17.7. The van der Waals surface area contributed by atoms with E-state index >= 15 is 0 Å². The number of nitrogens with zero attached hydrogens (tertiary/aromatic N) is 3. The standard InChI is InChI=1S/C31H44ClN3O2/c1-8-24-14-12-15-25(9-2)28(24)30-33-29(32)27(35(30)17-18-36-7)21-34(22-31(4,5)6)20-23-13-11-16-26(19-23)37-10-3/h11-16,19H,8-10,17-18,20-22H2,1-7H3. The summed E-state index contributed by atoms with van der Waals surface area (Å²) in [6.45, 7) is 17.6. The van der Waals surface area contributed by atoms with Crippen LogP contribution in [0.3, 0.4) is 0 Å². The van der Waals surface area contributed by atoms with Gasteiger partial charge in [0.2, 0.25) is 0 Å². The Morgan fingerprint density at radius 2 is 1.65 bits per heavy atom. The molecule has 0 amide bonds. The van der Waals surface area contributed by atoms with Crippen LogP contribution in [0.1, 0.15) is 63.9 Å². The Morgan fingerprint density at radius 3 is 2.24 bits per heavy atom. The zero-order chi connectivity index (χ0) is 27.0. The number of halogens is 1. The molecule has 0 saturated carbocycles. The molecule has 1 heterocycles. The minimum absolute atomic E-state index is 0.119. The first-order valence-corrected chi connectivity index (χ1v) is 13.9. The van der Waals surface area contributed by atoms with E-state index in [1.165, 1.54) is 22.3 Å². The smallest absolute Gasteiger partial charge is 0.152 e. The summed E-state index contributed by atoms with van der Waals surface area (Å²) in [5, 5.41) is 0.570. The molecule has 2 aromatic carbocycles. The fourth-order valence-electron chi connectivity index (χ4n) is 4.96. The maximum absolute atomic E-state index is 6.94. The number of benzene rings is 2. The van der Waals surface area contributed by atoms with Crippen molar-refractivity contribution >= 4 is 11.6 Å². The summed E-state index contributed by atoms with van der Waals surface area (Å²) >= 11 is 6.94. The molecule has 0 radical (unpaired) electrons. The number of hydrogen-bond donors (Lipinski definition) is 0. The lowest BCUT2D eigenvalue weighted by molar-refractivity contribution is 0.166. The van der Waals surface area contributed by atoms with Crippen LogP contribution in [-0.4, -0.2) is 41.3 Å². The molecule has 0 aliphatic carbocycles. The van der Waals surface area contributed by atoms with Crippen LogP contribution in [0.4, 0.5) is 0 Å². The summed E-state index contributed by atoms with van der Waals surface area (Å²) in [5.41, 5.74) is 6.18. The molecule has 0 atom stereocenters. The lowest BCUT2D eigenvalue weighted by Crippen LogP contribution is -2.33. The molecule has 0 aliphatic heterocycles. The van der Waals surface area contributed by atoms with Crippen molar-refractivity contribution in [1.82, 2.24) is 14.5 Å². The van der Waals surface area contributed by atoms with E-state index in [1.54, 1.807) is 7.11 Å². The molecule has 0 aliphatic rings. The molecule has 3 rings (SSSR count). The summed E-state index contributed by atoms with van der Waals surface area (Å²) in [6, 6.07) is 14.9. The molecule has 0 N–H and O–H groups in total. The summed E-state index contributed by atoms with van der Waals surface area (Å²) in [5.74, 6) is 1.85.